The van der Waals surface area contributed by atoms with Crippen LogP contribution in [0.1, 0.15) is 25.1 Å². The number of urea groups is 1. The van der Waals surface area contributed by atoms with E-state index in [1.165, 1.54) is 23.5 Å². The van der Waals surface area contributed by atoms with Crippen LogP contribution >= 0.6 is 0 Å². The molecule has 1 aliphatic heterocycles. The highest BCUT2D eigenvalue weighted by Crippen LogP contribution is 2.23. The third-order valence-electron chi connectivity index (χ3n) is 5.59. The van der Waals surface area contributed by atoms with Gasteiger partial charge < -0.3 is 15.4 Å². The second-order valence-electron chi connectivity index (χ2n) is 8.06. The first-order valence-electron chi connectivity index (χ1n) is 11.3. The Kier molecular flexibility index (Phi) is 8.76. The van der Waals surface area contributed by atoms with E-state index in [4.69, 9.17) is 4.74 Å². The molecule has 12 heteroatoms. The molecule has 1 aromatic heterocycles. The van der Waals surface area contributed by atoms with Gasteiger partial charge in [0.15, 0.2) is 5.82 Å². The van der Waals surface area contributed by atoms with Crippen molar-refractivity contribution in [1.29, 1.82) is 0 Å². The summed E-state index contributed by atoms with van der Waals surface area (Å²) in [7, 11) is -3.61. The Morgan fingerprint density at radius 1 is 1.17 bits per heavy atom. The number of piperazine rings is 1. The first-order chi connectivity index (χ1) is 16.6. The van der Waals surface area contributed by atoms with Crippen LogP contribution in [0.3, 0.4) is 0 Å². The highest BCUT2D eigenvalue weighted by molar-refractivity contribution is 7.89. The molecule has 0 bridgehead atoms. The van der Waals surface area contributed by atoms with Crippen molar-refractivity contribution in [2.45, 2.75) is 33.4 Å². The van der Waals surface area contributed by atoms with Crippen LogP contribution in [0.25, 0.3) is 0 Å². The number of pyridine rings is 1. The van der Waals surface area contributed by atoms with Gasteiger partial charge in [0.2, 0.25) is 10.0 Å². The predicted octanol–water partition coefficient (Wildman–Crippen LogP) is 2.57. The van der Waals surface area contributed by atoms with Crippen molar-refractivity contribution < 1.29 is 27.1 Å². The van der Waals surface area contributed by atoms with E-state index in [2.05, 4.69) is 15.6 Å². The number of nitrogens with one attached hydrogen (secondary N) is 2. The van der Waals surface area contributed by atoms with Crippen LogP contribution in [0, 0.1) is 12.7 Å². The molecule has 1 atom stereocenters. The summed E-state index contributed by atoms with van der Waals surface area (Å²) >= 11 is 0. The minimum absolute atomic E-state index is 0.00536. The number of benzene rings is 1. The van der Waals surface area contributed by atoms with Crippen LogP contribution in [0.2, 0.25) is 0 Å². The van der Waals surface area contributed by atoms with E-state index in [0.29, 0.717) is 17.8 Å². The lowest BCUT2D eigenvalue weighted by atomic mass is 10.1. The summed E-state index contributed by atoms with van der Waals surface area (Å²) in [6, 6.07) is 6.44. The van der Waals surface area contributed by atoms with Gasteiger partial charge in [-0.25, -0.2) is 17.6 Å². The van der Waals surface area contributed by atoms with Gasteiger partial charge in [-0.15, -0.1) is 0 Å². The molecule has 0 aliphatic carbocycles. The second kappa shape index (κ2) is 11.6. The maximum Gasteiger partial charge on any atom is 0.325 e. The summed E-state index contributed by atoms with van der Waals surface area (Å²) < 4.78 is 46.4. The van der Waals surface area contributed by atoms with Crippen molar-refractivity contribution in [1.82, 2.24) is 14.2 Å². The lowest BCUT2D eigenvalue weighted by Crippen LogP contribution is -2.58. The van der Waals surface area contributed by atoms with Gasteiger partial charge in [0.25, 0.3) is 0 Å². The topological polar surface area (TPSA) is 121 Å². The average molecular weight is 508 g/mol. The molecule has 2 aromatic rings. The van der Waals surface area contributed by atoms with Crippen molar-refractivity contribution in [3.8, 4) is 0 Å². The SMILES string of the molecule is CCOC(=O)[C@@H]1CN(Cc2cccc(NC(=O)Nc3ccc(C)nc3)c2F)CCN1S(=O)(=O)CC. The first kappa shape index (κ1) is 26.5. The molecule has 1 fully saturated rings. The van der Waals surface area contributed by atoms with Gasteiger partial charge >= 0.3 is 12.0 Å². The number of amides is 2. The van der Waals surface area contributed by atoms with Crippen LogP contribution < -0.4 is 10.6 Å². The van der Waals surface area contributed by atoms with Gasteiger partial charge in [0.1, 0.15) is 6.04 Å². The number of rotatable bonds is 8. The number of halogens is 1. The Morgan fingerprint density at radius 2 is 1.94 bits per heavy atom. The minimum Gasteiger partial charge on any atom is -0.465 e. The van der Waals surface area contributed by atoms with Gasteiger partial charge in [0, 0.05) is 37.4 Å². The van der Waals surface area contributed by atoms with Crippen LogP contribution in [-0.2, 0) is 26.1 Å². The molecule has 2 N–H and O–H groups in total. The van der Waals surface area contributed by atoms with E-state index >= 15 is 4.39 Å². The highest BCUT2D eigenvalue weighted by Gasteiger charge is 2.39. The van der Waals surface area contributed by atoms with Crippen molar-refractivity contribution in [3.63, 3.8) is 0 Å². The highest BCUT2D eigenvalue weighted by atomic mass is 32.2. The summed E-state index contributed by atoms with van der Waals surface area (Å²) in [5.74, 6) is -1.38. The molecule has 10 nitrogen and oxygen atoms in total. The zero-order chi connectivity index (χ0) is 25.6. The van der Waals surface area contributed by atoms with Gasteiger partial charge in [-0.2, -0.15) is 4.31 Å². The van der Waals surface area contributed by atoms with Crippen molar-refractivity contribution in [2.24, 2.45) is 0 Å². The second-order valence-corrected chi connectivity index (χ2v) is 10.3. The van der Waals surface area contributed by atoms with E-state index in [-0.39, 0.29) is 37.7 Å². The number of esters is 1. The molecule has 2 amide bonds. The maximum atomic E-state index is 15.2. The van der Waals surface area contributed by atoms with E-state index in [9.17, 15) is 18.0 Å². The molecule has 0 spiro atoms. The molecule has 0 radical (unpaired) electrons. The number of ether oxygens (including phenoxy) is 1. The summed E-state index contributed by atoms with van der Waals surface area (Å²) in [6.45, 7) is 5.71. The molecule has 1 aliphatic rings. The number of anilines is 2. The zero-order valence-corrected chi connectivity index (χ0v) is 20.8. The molecular formula is C23H30FN5O5S. The van der Waals surface area contributed by atoms with E-state index in [0.717, 1.165) is 5.69 Å². The van der Waals surface area contributed by atoms with Crippen LogP contribution in [0.5, 0.6) is 0 Å². The van der Waals surface area contributed by atoms with Crippen LogP contribution in [-0.4, -0.2) is 72.6 Å². The summed E-state index contributed by atoms with van der Waals surface area (Å²) in [5.41, 5.74) is 1.56. The maximum absolute atomic E-state index is 15.2. The number of carbonyl (C=O) groups is 2. The van der Waals surface area contributed by atoms with Gasteiger partial charge in [-0.3, -0.25) is 14.7 Å². The normalized spacial score (nSPS) is 17.1. The Hall–Kier alpha value is -3.09. The zero-order valence-electron chi connectivity index (χ0n) is 20.0. The van der Waals surface area contributed by atoms with Crippen molar-refractivity contribution in [3.05, 3.63) is 53.6 Å². The Bertz CT molecular complexity index is 1160. The number of hydrogen-bond acceptors (Lipinski definition) is 7. The fourth-order valence-electron chi connectivity index (χ4n) is 3.76. The van der Waals surface area contributed by atoms with E-state index in [1.807, 2.05) is 6.92 Å². The van der Waals surface area contributed by atoms with Crippen LogP contribution in [0.15, 0.2) is 36.5 Å². The third-order valence-corrected chi connectivity index (χ3v) is 7.47. The molecule has 35 heavy (non-hydrogen) atoms. The van der Waals surface area contributed by atoms with Gasteiger partial charge in [-0.05, 0) is 39.0 Å². The molecule has 0 unspecified atom stereocenters. The lowest BCUT2D eigenvalue weighted by molar-refractivity contribution is -0.149. The largest absolute Gasteiger partial charge is 0.465 e. The number of aryl methyl sites for hydroxylation is 1. The number of carbonyl (C=O) groups excluding carboxylic acids is 2. The monoisotopic (exact) mass is 507 g/mol. The van der Waals surface area contributed by atoms with Crippen LogP contribution in [0.4, 0.5) is 20.6 Å². The molecule has 3 rings (SSSR count). The molecule has 2 heterocycles. The van der Waals surface area contributed by atoms with Crippen molar-refractivity contribution >= 4 is 33.4 Å². The van der Waals surface area contributed by atoms with Gasteiger partial charge in [-0.1, -0.05) is 12.1 Å². The number of nitrogens with zero attached hydrogens (tertiary/aromatic N) is 3. The molecule has 1 aromatic carbocycles. The summed E-state index contributed by atoms with van der Waals surface area (Å²) in [5, 5.41) is 5.09. The molecular weight excluding hydrogens is 477 g/mol. The summed E-state index contributed by atoms with van der Waals surface area (Å²) in [4.78, 5) is 30.7. The molecule has 0 saturated carbocycles. The quantitative estimate of drug-likeness (QED) is 0.527. The minimum atomic E-state index is -3.61. The first-order valence-corrected chi connectivity index (χ1v) is 12.9. The fraction of sp³-hybridized carbons (Fsp3) is 0.435. The Morgan fingerprint density at radius 3 is 2.60 bits per heavy atom. The smallest absolute Gasteiger partial charge is 0.325 e. The number of hydrogen-bond donors (Lipinski definition) is 2. The van der Waals surface area contributed by atoms with E-state index < -0.39 is 33.9 Å². The number of aromatic nitrogens is 1. The standard InChI is InChI=1S/C23H30FN5O5S/c1-4-34-22(30)20-15-28(11-12-29(20)35(32,33)5-2)14-17-7-6-8-19(21(17)24)27-23(31)26-18-10-9-16(3)25-13-18/h6-10,13,20H,4-5,11-12,14-15H2,1-3H3,(H2,26,27,31)/t20-/m0/s1. The lowest BCUT2D eigenvalue weighted by Gasteiger charge is -2.39. The Balaban J connectivity index is 1.70. The molecule has 1 saturated heterocycles. The third kappa shape index (κ3) is 6.74. The van der Waals surface area contributed by atoms with Crippen molar-refractivity contribution in [2.75, 3.05) is 42.6 Å². The van der Waals surface area contributed by atoms with Gasteiger partial charge in [0.05, 0.1) is 29.9 Å². The van der Waals surface area contributed by atoms with E-state index in [1.54, 1.807) is 36.1 Å². The average Bonchev–Trinajstić information content (AvgIpc) is 2.83. The predicted molar refractivity (Wildman–Crippen MR) is 130 cm³/mol. The number of sulfonamides is 1. The summed E-state index contributed by atoms with van der Waals surface area (Å²) in [6.07, 6.45) is 1.50. The Labute approximate surface area is 204 Å². The fourth-order valence-corrected chi connectivity index (χ4v) is 4.99. The molecule has 190 valence electrons.